The van der Waals surface area contributed by atoms with Crippen molar-refractivity contribution < 1.29 is 9.90 Å². The monoisotopic (exact) mass is 309 g/mol. The van der Waals surface area contributed by atoms with Crippen LogP contribution in [0, 0.1) is 6.92 Å². The van der Waals surface area contributed by atoms with Crippen molar-refractivity contribution in [1.29, 1.82) is 0 Å². The summed E-state index contributed by atoms with van der Waals surface area (Å²) in [5.74, 6) is -0.265. The summed E-state index contributed by atoms with van der Waals surface area (Å²) in [5, 5.41) is 12.4. The quantitative estimate of drug-likeness (QED) is 0.871. The maximum Gasteiger partial charge on any atom is 0.262 e. The molecule has 7 heteroatoms. The van der Waals surface area contributed by atoms with Crippen LogP contribution in [0.2, 0.25) is 0 Å². The average Bonchev–Trinajstić information content (AvgIpc) is 2.83. The van der Waals surface area contributed by atoms with Crippen molar-refractivity contribution in [3.8, 4) is 0 Å². The number of aliphatic hydroxyl groups excluding tert-OH is 1. The fourth-order valence-electron chi connectivity index (χ4n) is 2.13. The Morgan fingerprint density at radius 3 is 2.81 bits per heavy atom. The highest BCUT2D eigenvalue weighted by atomic mass is 32.1. The predicted octanol–water partition coefficient (Wildman–Crippen LogP) is 1.29. The third kappa shape index (κ3) is 2.84. The second kappa shape index (κ2) is 6.36. The van der Waals surface area contributed by atoms with Crippen LogP contribution in [0.25, 0.3) is 10.2 Å². The first-order chi connectivity index (χ1) is 10.0. The molecule has 6 nitrogen and oxygen atoms in total. The smallest absolute Gasteiger partial charge is 0.262 e. The Kier molecular flexibility index (Phi) is 4.74. The van der Waals surface area contributed by atoms with Gasteiger partial charge in [0.2, 0.25) is 0 Å². The van der Waals surface area contributed by atoms with E-state index in [2.05, 4.69) is 10.3 Å². The van der Waals surface area contributed by atoms with E-state index in [4.69, 9.17) is 5.11 Å². The van der Waals surface area contributed by atoms with E-state index in [9.17, 15) is 9.59 Å². The molecule has 21 heavy (non-hydrogen) atoms. The van der Waals surface area contributed by atoms with Crippen molar-refractivity contribution in [1.82, 2.24) is 14.9 Å². The van der Waals surface area contributed by atoms with Crippen LogP contribution in [0.15, 0.2) is 11.1 Å². The van der Waals surface area contributed by atoms with Gasteiger partial charge in [0.05, 0.1) is 29.2 Å². The minimum absolute atomic E-state index is 0.104. The lowest BCUT2D eigenvalue weighted by Gasteiger charge is -2.13. The van der Waals surface area contributed by atoms with Crippen LogP contribution >= 0.6 is 11.3 Å². The van der Waals surface area contributed by atoms with Gasteiger partial charge in [-0.05, 0) is 25.8 Å². The molecule has 114 valence electrons. The van der Waals surface area contributed by atoms with E-state index in [1.54, 1.807) is 6.92 Å². The first-order valence-electron chi connectivity index (χ1n) is 6.93. The number of fused-ring (bicyclic) bond motifs is 1. The van der Waals surface area contributed by atoms with Crippen LogP contribution in [0.4, 0.5) is 0 Å². The van der Waals surface area contributed by atoms with Crippen molar-refractivity contribution in [2.24, 2.45) is 0 Å². The molecule has 0 saturated heterocycles. The van der Waals surface area contributed by atoms with Gasteiger partial charge in [0.15, 0.2) is 0 Å². The van der Waals surface area contributed by atoms with Crippen LogP contribution in [0.3, 0.4) is 0 Å². The Bertz CT molecular complexity index is 716. The molecule has 0 fully saturated rings. The zero-order valence-corrected chi connectivity index (χ0v) is 13.2. The lowest BCUT2D eigenvalue weighted by molar-refractivity contribution is 0.0918. The van der Waals surface area contributed by atoms with Crippen LogP contribution in [-0.2, 0) is 6.54 Å². The molecule has 1 unspecified atom stereocenters. The summed E-state index contributed by atoms with van der Waals surface area (Å²) in [6.45, 7) is 5.96. The minimum Gasteiger partial charge on any atom is -0.394 e. The highest BCUT2D eigenvalue weighted by molar-refractivity contribution is 7.20. The summed E-state index contributed by atoms with van der Waals surface area (Å²) < 4.78 is 1.52. The molecule has 1 amide bonds. The van der Waals surface area contributed by atoms with Gasteiger partial charge in [0.1, 0.15) is 4.83 Å². The first-order valence-corrected chi connectivity index (χ1v) is 7.75. The van der Waals surface area contributed by atoms with Crippen molar-refractivity contribution in [3.05, 3.63) is 27.1 Å². The number of nitrogens with one attached hydrogen (secondary N) is 1. The predicted molar refractivity (Wildman–Crippen MR) is 82.9 cm³/mol. The van der Waals surface area contributed by atoms with Gasteiger partial charge in [-0.3, -0.25) is 14.2 Å². The molecule has 0 spiro atoms. The third-order valence-corrected chi connectivity index (χ3v) is 4.71. The number of aromatic nitrogens is 2. The average molecular weight is 309 g/mol. The minimum atomic E-state index is -0.276. The summed E-state index contributed by atoms with van der Waals surface area (Å²) in [6.07, 6.45) is 2.15. The van der Waals surface area contributed by atoms with Crippen molar-refractivity contribution >= 4 is 27.5 Å². The second-order valence-corrected chi connectivity index (χ2v) is 5.83. The Morgan fingerprint density at radius 1 is 1.52 bits per heavy atom. The van der Waals surface area contributed by atoms with Crippen molar-refractivity contribution in [2.75, 3.05) is 6.61 Å². The van der Waals surface area contributed by atoms with E-state index in [0.717, 1.165) is 0 Å². The molecule has 2 rings (SSSR count). The number of carbonyl (C=O) groups excluding carboxylic acids is 1. The molecule has 2 aromatic heterocycles. The molecule has 2 aromatic rings. The fourth-order valence-corrected chi connectivity index (χ4v) is 3.17. The van der Waals surface area contributed by atoms with E-state index in [1.165, 1.54) is 22.2 Å². The molecule has 0 saturated carbocycles. The summed E-state index contributed by atoms with van der Waals surface area (Å²) in [5.41, 5.74) is 0.532. The molecule has 0 aliphatic rings. The van der Waals surface area contributed by atoms with Crippen LogP contribution in [0.1, 0.15) is 35.5 Å². The molecule has 2 N–H and O–H groups in total. The summed E-state index contributed by atoms with van der Waals surface area (Å²) >= 11 is 1.21. The molecule has 0 aliphatic carbocycles. The SMILES string of the molecule is CCC(CO)NC(=O)c1sc2ncn(CC)c(=O)c2c1C. The van der Waals surface area contributed by atoms with Gasteiger partial charge in [-0.15, -0.1) is 11.3 Å². The largest absolute Gasteiger partial charge is 0.394 e. The number of rotatable bonds is 5. The van der Waals surface area contributed by atoms with E-state index >= 15 is 0 Å². The van der Waals surface area contributed by atoms with E-state index in [-0.39, 0.29) is 24.1 Å². The molecular formula is C14H19N3O3S. The summed E-state index contributed by atoms with van der Waals surface area (Å²) in [4.78, 5) is 29.9. The lowest BCUT2D eigenvalue weighted by Crippen LogP contribution is -2.36. The highest BCUT2D eigenvalue weighted by Crippen LogP contribution is 2.26. The number of carbonyl (C=O) groups is 1. The topological polar surface area (TPSA) is 84.2 Å². The van der Waals surface area contributed by atoms with Gasteiger partial charge in [0.25, 0.3) is 11.5 Å². The van der Waals surface area contributed by atoms with E-state index in [1.807, 2.05) is 13.8 Å². The standard InChI is InChI=1S/C14H19N3O3S/c1-4-9(6-18)16-12(19)11-8(3)10-13(21-11)15-7-17(5-2)14(10)20/h7,9,18H,4-6H2,1-3H3,(H,16,19). The normalized spacial score (nSPS) is 12.6. The zero-order valence-electron chi connectivity index (χ0n) is 12.3. The van der Waals surface area contributed by atoms with Gasteiger partial charge >= 0.3 is 0 Å². The number of hydrogen-bond donors (Lipinski definition) is 2. The van der Waals surface area contributed by atoms with E-state index in [0.29, 0.717) is 33.6 Å². The molecule has 0 radical (unpaired) electrons. The zero-order chi connectivity index (χ0) is 15.6. The second-order valence-electron chi connectivity index (χ2n) is 4.83. The number of nitrogens with zero attached hydrogens (tertiary/aromatic N) is 2. The Balaban J connectivity index is 2.47. The molecule has 0 aromatic carbocycles. The van der Waals surface area contributed by atoms with Gasteiger partial charge in [-0.2, -0.15) is 0 Å². The Morgan fingerprint density at radius 2 is 2.24 bits per heavy atom. The van der Waals surface area contributed by atoms with Gasteiger partial charge in [-0.1, -0.05) is 6.92 Å². The molecule has 1 atom stereocenters. The lowest BCUT2D eigenvalue weighted by atomic mass is 10.2. The molecule has 0 aliphatic heterocycles. The van der Waals surface area contributed by atoms with Crippen LogP contribution < -0.4 is 10.9 Å². The summed E-state index contributed by atoms with van der Waals surface area (Å²) in [7, 11) is 0. The number of hydrogen-bond acceptors (Lipinski definition) is 5. The Hall–Kier alpha value is -1.73. The Labute approximate surface area is 126 Å². The fraction of sp³-hybridized carbons (Fsp3) is 0.500. The number of amides is 1. The molecule has 2 heterocycles. The van der Waals surface area contributed by atoms with Gasteiger partial charge < -0.3 is 10.4 Å². The van der Waals surface area contributed by atoms with Gasteiger partial charge in [0, 0.05) is 6.54 Å². The first kappa shape index (κ1) is 15.7. The van der Waals surface area contributed by atoms with Crippen molar-refractivity contribution in [2.45, 2.75) is 39.8 Å². The van der Waals surface area contributed by atoms with Crippen LogP contribution in [0.5, 0.6) is 0 Å². The van der Waals surface area contributed by atoms with E-state index < -0.39 is 0 Å². The highest BCUT2D eigenvalue weighted by Gasteiger charge is 2.20. The number of aliphatic hydroxyl groups is 1. The van der Waals surface area contributed by atoms with Crippen molar-refractivity contribution in [3.63, 3.8) is 0 Å². The third-order valence-electron chi connectivity index (χ3n) is 3.51. The van der Waals surface area contributed by atoms with Crippen LogP contribution in [-0.4, -0.2) is 33.2 Å². The van der Waals surface area contributed by atoms with Gasteiger partial charge in [-0.25, -0.2) is 4.98 Å². The molecule has 0 bridgehead atoms. The number of thiophene rings is 1. The summed E-state index contributed by atoms with van der Waals surface area (Å²) in [6, 6.07) is -0.276. The maximum atomic E-state index is 12.3. The maximum absolute atomic E-state index is 12.3. The molecular weight excluding hydrogens is 290 g/mol. The number of aryl methyl sites for hydroxylation is 2.